The monoisotopic (exact) mass is 380 g/mol. The van der Waals surface area contributed by atoms with E-state index in [9.17, 15) is 13.2 Å². The van der Waals surface area contributed by atoms with Crippen molar-refractivity contribution in [1.29, 1.82) is 0 Å². The van der Waals surface area contributed by atoms with Gasteiger partial charge in [0, 0.05) is 51.4 Å². The molecule has 26 heavy (non-hydrogen) atoms. The molecule has 3 fully saturated rings. The maximum Gasteiger partial charge on any atom is 0.244 e. The molecule has 1 aromatic rings. The van der Waals surface area contributed by atoms with E-state index in [1.54, 1.807) is 18.3 Å². The normalized spacial score (nSPS) is 27.0. The van der Waals surface area contributed by atoms with Gasteiger partial charge in [-0.05, 0) is 19.1 Å². The van der Waals surface area contributed by atoms with Gasteiger partial charge in [0.1, 0.15) is 16.6 Å². The van der Waals surface area contributed by atoms with E-state index in [-0.39, 0.29) is 23.0 Å². The van der Waals surface area contributed by atoms with E-state index >= 15 is 0 Å². The predicted octanol–water partition coefficient (Wildman–Crippen LogP) is 0.125. The molecule has 1 atom stereocenters. The molecule has 4 rings (SSSR count). The van der Waals surface area contributed by atoms with Crippen molar-refractivity contribution in [2.45, 2.75) is 36.4 Å². The Hall–Kier alpha value is -1.55. The van der Waals surface area contributed by atoms with Crippen molar-refractivity contribution in [1.82, 2.24) is 19.1 Å². The molecule has 0 radical (unpaired) electrons. The van der Waals surface area contributed by atoms with Gasteiger partial charge in [0.2, 0.25) is 15.9 Å². The van der Waals surface area contributed by atoms with Crippen LogP contribution in [0.4, 0.5) is 0 Å². The smallest absolute Gasteiger partial charge is 0.244 e. The van der Waals surface area contributed by atoms with Crippen molar-refractivity contribution in [2.75, 3.05) is 39.4 Å². The standard InChI is InChI=1S/C17H24N4O4S/c1-2-20-16(22)15-13-19(26(23,24)14-4-3-7-18-12-14)8-9-21(15)17(20)5-10-25-11-6-17/h3-4,7,12,15H,2,5-6,8-11,13H2,1H3/t15-/m1/s1. The van der Waals surface area contributed by atoms with Gasteiger partial charge in [-0.3, -0.25) is 14.7 Å². The van der Waals surface area contributed by atoms with Crippen LogP contribution in [0.25, 0.3) is 0 Å². The average Bonchev–Trinajstić information content (AvgIpc) is 2.90. The number of aromatic nitrogens is 1. The second-order valence-corrected chi connectivity index (χ2v) is 8.88. The molecule has 0 unspecified atom stereocenters. The van der Waals surface area contributed by atoms with Gasteiger partial charge in [-0.15, -0.1) is 0 Å². The molecule has 0 saturated carbocycles. The number of carbonyl (C=O) groups is 1. The minimum absolute atomic E-state index is 0.0282. The quantitative estimate of drug-likeness (QED) is 0.741. The summed E-state index contributed by atoms with van der Waals surface area (Å²) in [6.45, 7) is 4.98. The second kappa shape index (κ2) is 6.56. The summed E-state index contributed by atoms with van der Waals surface area (Å²) in [4.78, 5) is 21.3. The number of likely N-dealkylation sites (N-methyl/N-ethyl adjacent to an activating group) is 1. The number of hydrogen-bond donors (Lipinski definition) is 0. The van der Waals surface area contributed by atoms with Crippen LogP contribution in [0.5, 0.6) is 0 Å². The first-order valence-corrected chi connectivity index (χ1v) is 10.5. The van der Waals surface area contributed by atoms with Crippen molar-refractivity contribution in [3.05, 3.63) is 24.5 Å². The highest BCUT2D eigenvalue weighted by molar-refractivity contribution is 7.89. The number of fused-ring (bicyclic) bond motifs is 2. The van der Waals surface area contributed by atoms with Crippen molar-refractivity contribution in [2.24, 2.45) is 0 Å². The lowest BCUT2D eigenvalue weighted by Crippen LogP contribution is -2.62. The molecule has 0 aromatic carbocycles. The van der Waals surface area contributed by atoms with Gasteiger partial charge in [0.05, 0.1) is 13.2 Å². The predicted molar refractivity (Wildman–Crippen MR) is 93.7 cm³/mol. The number of amides is 1. The molecule has 0 N–H and O–H groups in total. The van der Waals surface area contributed by atoms with Gasteiger partial charge >= 0.3 is 0 Å². The van der Waals surface area contributed by atoms with Gasteiger partial charge in [-0.25, -0.2) is 8.42 Å². The van der Waals surface area contributed by atoms with E-state index in [0.717, 1.165) is 12.8 Å². The van der Waals surface area contributed by atoms with Crippen molar-refractivity contribution in [3.63, 3.8) is 0 Å². The second-order valence-electron chi connectivity index (χ2n) is 6.94. The Labute approximate surface area is 153 Å². The van der Waals surface area contributed by atoms with Crippen LogP contribution in [0.2, 0.25) is 0 Å². The molecule has 0 aliphatic carbocycles. The summed E-state index contributed by atoms with van der Waals surface area (Å²) in [6.07, 6.45) is 4.46. The Kier molecular flexibility index (Phi) is 4.50. The van der Waals surface area contributed by atoms with Crippen LogP contribution in [0, 0.1) is 0 Å². The lowest BCUT2D eigenvalue weighted by Gasteiger charge is -2.48. The molecule has 142 valence electrons. The summed E-state index contributed by atoms with van der Waals surface area (Å²) in [5, 5.41) is 0. The molecule has 1 amide bonds. The highest BCUT2D eigenvalue weighted by atomic mass is 32.2. The van der Waals surface area contributed by atoms with E-state index in [4.69, 9.17) is 4.74 Å². The van der Waals surface area contributed by atoms with Crippen LogP contribution in [-0.4, -0.2) is 84.5 Å². The van der Waals surface area contributed by atoms with Crippen molar-refractivity contribution >= 4 is 15.9 Å². The van der Waals surface area contributed by atoms with Crippen molar-refractivity contribution in [3.8, 4) is 0 Å². The highest BCUT2D eigenvalue weighted by Gasteiger charge is 2.58. The number of carbonyl (C=O) groups excluding carboxylic acids is 1. The maximum atomic E-state index is 13.1. The number of ether oxygens (including phenoxy) is 1. The molecule has 3 aliphatic heterocycles. The number of piperazine rings is 1. The first-order valence-electron chi connectivity index (χ1n) is 9.07. The van der Waals surface area contributed by atoms with Crippen LogP contribution in [0.1, 0.15) is 19.8 Å². The third kappa shape index (κ3) is 2.57. The summed E-state index contributed by atoms with van der Waals surface area (Å²) in [6, 6.07) is 2.73. The van der Waals surface area contributed by atoms with Crippen LogP contribution >= 0.6 is 0 Å². The maximum absolute atomic E-state index is 13.1. The molecule has 3 aliphatic rings. The SMILES string of the molecule is CCN1C(=O)[C@H]2CN(S(=O)(=O)c3cccnc3)CCN2C12CCOCC2. The van der Waals surface area contributed by atoms with E-state index in [1.165, 1.54) is 10.5 Å². The molecule has 1 aromatic heterocycles. The molecular formula is C17H24N4O4S. The van der Waals surface area contributed by atoms with E-state index < -0.39 is 16.1 Å². The van der Waals surface area contributed by atoms with E-state index in [1.807, 2.05) is 11.8 Å². The van der Waals surface area contributed by atoms with Crippen LogP contribution in [-0.2, 0) is 19.6 Å². The molecule has 4 heterocycles. The van der Waals surface area contributed by atoms with Gasteiger partial charge in [-0.1, -0.05) is 0 Å². The third-order valence-electron chi connectivity index (χ3n) is 5.81. The molecule has 3 saturated heterocycles. The third-order valence-corrected chi connectivity index (χ3v) is 7.66. The Balaban J connectivity index is 1.62. The Bertz CT molecular complexity index is 779. The van der Waals surface area contributed by atoms with Crippen molar-refractivity contribution < 1.29 is 17.9 Å². The zero-order valence-electron chi connectivity index (χ0n) is 14.9. The number of nitrogens with zero attached hydrogens (tertiary/aromatic N) is 4. The van der Waals surface area contributed by atoms with Crippen LogP contribution < -0.4 is 0 Å². The van der Waals surface area contributed by atoms with Gasteiger partial charge < -0.3 is 9.64 Å². The Morgan fingerprint density at radius 3 is 2.73 bits per heavy atom. The molecule has 8 nitrogen and oxygen atoms in total. The summed E-state index contributed by atoms with van der Waals surface area (Å²) in [5.74, 6) is 0.0282. The van der Waals surface area contributed by atoms with Crippen LogP contribution in [0.3, 0.4) is 0 Å². The number of pyridine rings is 1. The fourth-order valence-electron chi connectivity index (χ4n) is 4.58. The fraction of sp³-hybridized carbons (Fsp3) is 0.647. The Morgan fingerprint density at radius 2 is 2.08 bits per heavy atom. The molecule has 0 bridgehead atoms. The first-order chi connectivity index (χ1) is 12.5. The lowest BCUT2D eigenvalue weighted by molar-refractivity contribution is -0.135. The molecule has 9 heteroatoms. The minimum Gasteiger partial charge on any atom is -0.381 e. The topological polar surface area (TPSA) is 83.1 Å². The Morgan fingerprint density at radius 1 is 1.31 bits per heavy atom. The fourth-order valence-corrected chi connectivity index (χ4v) is 5.98. The number of hydrogen-bond acceptors (Lipinski definition) is 6. The van der Waals surface area contributed by atoms with Gasteiger partial charge in [-0.2, -0.15) is 4.31 Å². The highest BCUT2D eigenvalue weighted by Crippen LogP contribution is 2.41. The zero-order chi connectivity index (χ0) is 18.4. The zero-order valence-corrected chi connectivity index (χ0v) is 15.7. The molecular weight excluding hydrogens is 356 g/mol. The summed E-state index contributed by atoms with van der Waals surface area (Å²) >= 11 is 0. The number of sulfonamides is 1. The lowest BCUT2D eigenvalue weighted by atomic mass is 9.97. The summed E-state index contributed by atoms with van der Waals surface area (Å²) in [5.41, 5.74) is -0.321. The first kappa shape index (κ1) is 17.8. The van der Waals surface area contributed by atoms with E-state index in [0.29, 0.717) is 32.8 Å². The van der Waals surface area contributed by atoms with Gasteiger partial charge in [0.25, 0.3) is 0 Å². The average molecular weight is 380 g/mol. The molecule has 1 spiro atoms. The van der Waals surface area contributed by atoms with E-state index in [2.05, 4.69) is 9.88 Å². The number of rotatable bonds is 3. The summed E-state index contributed by atoms with van der Waals surface area (Å²) in [7, 11) is -3.64. The van der Waals surface area contributed by atoms with Gasteiger partial charge in [0.15, 0.2) is 0 Å². The largest absolute Gasteiger partial charge is 0.381 e. The minimum atomic E-state index is -3.64. The van der Waals surface area contributed by atoms with Crippen LogP contribution in [0.15, 0.2) is 29.4 Å². The summed E-state index contributed by atoms with van der Waals surface area (Å²) < 4.78 is 32.8.